The number of benzene rings is 1. The standard InChI is InChI=1S/C22H23ClN4O2/c23-19-14-16(7-9-22(28)25-29)6-8-18(19)21-5-3-11-26(21)13-10-17-15-24-27-12-2-1-4-20(17)27/h1-2,4,6-9,12,14-15,21,29H,3,5,10-11,13H2,(H,25,28)/b9-7+. The van der Waals surface area contributed by atoms with E-state index in [4.69, 9.17) is 16.8 Å². The third kappa shape index (κ3) is 4.34. The molecule has 1 amide bonds. The number of carbonyl (C=O) groups is 1. The first-order chi connectivity index (χ1) is 14.2. The van der Waals surface area contributed by atoms with Crippen LogP contribution >= 0.6 is 11.6 Å². The third-order valence-electron chi connectivity index (χ3n) is 5.46. The molecule has 3 heterocycles. The van der Waals surface area contributed by atoms with E-state index in [1.54, 1.807) is 11.6 Å². The van der Waals surface area contributed by atoms with Crippen molar-refractivity contribution in [3.63, 3.8) is 0 Å². The fraction of sp³-hybridized carbons (Fsp3) is 0.273. The van der Waals surface area contributed by atoms with Gasteiger partial charge in [0.05, 0.1) is 11.7 Å². The Morgan fingerprint density at radius 1 is 1.34 bits per heavy atom. The summed E-state index contributed by atoms with van der Waals surface area (Å²) in [5, 5.41) is 13.7. The zero-order chi connectivity index (χ0) is 20.2. The van der Waals surface area contributed by atoms with Crippen LogP contribution in [0, 0.1) is 0 Å². The number of carbonyl (C=O) groups excluding carboxylic acids is 1. The van der Waals surface area contributed by atoms with E-state index in [0.717, 1.165) is 49.0 Å². The monoisotopic (exact) mass is 410 g/mol. The van der Waals surface area contributed by atoms with E-state index in [2.05, 4.69) is 16.1 Å². The Morgan fingerprint density at radius 3 is 3.07 bits per heavy atom. The smallest absolute Gasteiger partial charge is 0.267 e. The molecule has 1 aliphatic rings. The summed E-state index contributed by atoms with van der Waals surface area (Å²) in [7, 11) is 0. The lowest BCUT2D eigenvalue weighted by molar-refractivity contribution is -0.124. The van der Waals surface area contributed by atoms with Crippen LogP contribution in [0.3, 0.4) is 0 Å². The minimum atomic E-state index is -0.570. The molecular formula is C22H23ClN4O2. The van der Waals surface area contributed by atoms with Gasteiger partial charge in [-0.05, 0) is 66.8 Å². The van der Waals surface area contributed by atoms with E-state index in [0.29, 0.717) is 11.1 Å². The average Bonchev–Trinajstić information content (AvgIpc) is 3.37. The molecule has 29 heavy (non-hydrogen) atoms. The molecule has 3 aromatic rings. The molecule has 1 aliphatic heterocycles. The van der Waals surface area contributed by atoms with E-state index in [9.17, 15) is 4.79 Å². The van der Waals surface area contributed by atoms with Gasteiger partial charge in [0.25, 0.3) is 5.91 Å². The molecule has 0 saturated carbocycles. The van der Waals surface area contributed by atoms with E-state index in [1.165, 1.54) is 11.6 Å². The Bertz CT molecular complexity index is 1050. The number of pyridine rings is 1. The Kier molecular flexibility index (Phi) is 5.94. The SMILES string of the molecule is O=C(/C=C/c1ccc(C2CCCN2CCc2cnn3ccccc23)c(Cl)c1)NO. The molecule has 0 spiro atoms. The average molecular weight is 411 g/mol. The Morgan fingerprint density at radius 2 is 2.24 bits per heavy atom. The summed E-state index contributed by atoms with van der Waals surface area (Å²) in [6.45, 7) is 2.01. The highest BCUT2D eigenvalue weighted by Crippen LogP contribution is 2.36. The number of fused-ring (bicyclic) bond motifs is 1. The molecule has 1 fully saturated rings. The van der Waals surface area contributed by atoms with Crippen LogP contribution in [0.2, 0.25) is 5.02 Å². The summed E-state index contributed by atoms with van der Waals surface area (Å²) in [6.07, 6.45) is 9.99. The molecule has 1 atom stereocenters. The normalized spacial score (nSPS) is 17.4. The topological polar surface area (TPSA) is 69.9 Å². The van der Waals surface area contributed by atoms with Gasteiger partial charge >= 0.3 is 0 Å². The minimum absolute atomic E-state index is 0.295. The summed E-state index contributed by atoms with van der Waals surface area (Å²) in [4.78, 5) is 13.6. The second-order valence-electron chi connectivity index (χ2n) is 7.23. The van der Waals surface area contributed by atoms with Crippen LogP contribution in [0.4, 0.5) is 0 Å². The van der Waals surface area contributed by atoms with Crippen LogP contribution in [-0.2, 0) is 11.2 Å². The van der Waals surface area contributed by atoms with E-state index < -0.39 is 5.91 Å². The maximum absolute atomic E-state index is 11.1. The van der Waals surface area contributed by atoms with Gasteiger partial charge in [0.1, 0.15) is 0 Å². The third-order valence-corrected chi connectivity index (χ3v) is 5.79. The fourth-order valence-corrected chi connectivity index (χ4v) is 4.33. The van der Waals surface area contributed by atoms with Crippen LogP contribution < -0.4 is 5.48 Å². The number of halogens is 1. The van der Waals surface area contributed by atoms with E-state index in [1.807, 2.05) is 47.2 Å². The number of nitrogens with zero attached hydrogens (tertiary/aromatic N) is 3. The maximum atomic E-state index is 11.1. The van der Waals surface area contributed by atoms with Crippen molar-refractivity contribution in [2.75, 3.05) is 13.1 Å². The molecule has 0 aliphatic carbocycles. The van der Waals surface area contributed by atoms with Crippen molar-refractivity contribution in [2.45, 2.75) is 25.3 Å². The fourth-order valence-electron chi connectivity index (χ4n) is 4.02. The molecular weight excluding hydrogens is 388 g/mol. The minimum Gasteiger partial charge on any atom is -0.296 e. The number of hydroxylamine groups is 1. The number of rotatable bonds is 6. The summed E-state index contributed by atoms with van der Waals surface area (Å²) in [5.41, 5.74) is 5.92. The molecule has 7 heteroatoms. The van der Waals surface area contributed by atoms with E-state index in [-0.39, 0.29) is 0 Å². The lowest BCUT2D eigenvalue weighted by atomic mass is 10.0. The molecule has 1 saturated heterocycles. The Balaban J connectivity index is 1.46. The molecule has 1 aromatic carbocycles. The zero-order valence-corrected chi connectivity index (χ0v) is 16.7. The van der Waals surface area contributed by atoms with Gasteiger partial charge in [-0.3, -0.25) is 14.9 Å². The van der Waals surface area contributed by atoms with Gasteiger partial charge in [-0.2, -0.15) is 5.10 Å². The second-order valence-corrected chi connectivity index (χ2v) is 7.64. The summed E-state index contributed by atoms with van der Waals surface area (Å²) in [6, 6.07) is 12.3. The number of hydrogen-bond acceptors (Lipinski definition) is 4. The molecule has 1 unspecified atom stereocenters. The van der Waals surface area contributed by atoms with Gasteiger partial charge in [-0.1, -0.05) is 29.8 Å². The van der Waals surface area contributed by atoms with Crippen LogP contribution in [0.15, 0.2) is 54.9 Å². The highest BCUT2D eigenvalue weighted by molar-refractivity contribution is 6.31. The molecule has 4 rings (SSSR count). The predicted molar refractivity (Wildman–Crippen MR) is 113 cm³/mol. The number of nitrogens with one attached hydrogen (secondary N) is 1. The van der Waals surface area contributed by atoms with Gasteiger partial charge < -0.3 is 0 Å². The molecule has 6 nitrogen and oxygen atoms in total. The van der Waals surface area contributed by atoms with Crippen LogP contribution in [-0.4, -0.2) is 38.7 Å². The van der Waals surface area contributed by atoms with E-state index >= 15 is 0 Å². The Labute approximate surface area is 174 Å². The lowest BCUT2D eigenvalue weighted by Crippen LogP contribution is -2.26. The highest BCUT2D eigenvalue weighted by atomic mass is 35.5. The molecule has 2 aromatic heterocycles. The van der Waals surface area contributed by atoms with Crippen LogP contribution in [0.1, 0.15) is 35.6 Å². The second kappa shape index (κ2) is 8.78. The van der Waals surface area contributed by atoms with Crippen molar-refractivity contribution in [1.82, 2.24) is 20.0 Å². The number of amides is 1. The van der Waals surface area contributed by atoms with Crippen molar-refractivity contribution in [3.05, 3.63) is 76.6 Å². The maximum Gasteiger partial charge on any atom is 0.267 e. The van der Waals surface area contributed by atoms with Crippen molar-refractivity contribution in [3.8, 4) is 0 Å². The summed E-state index contributed by atoms with van der Waals surface area (Å²) < 4.78 is 1.91. The largest absolute Gasteiger partial charge is 0.296 e. The highest BCUT2D eigenvalue weighted by Gasteiger charge is 2.27. The quantitative estimate of drug-likeness (QED) is 0.367. The van der Waals surface area contributed by atoms with Gasteiger partial charge in [0.2, 0.25) is 0 Å². The van der Waals surface area contributed by atoms with Gasteiger partial charge in [0, 0.05) is 29.9 Å². The Hall–Kier alpha value is -2.67. The molecule has 0 bridgehead atoms. The number of hydrogen-bond donors (Lipinski definition) is 2. The zero-order valence-electron chi connectivity index (χ0n) is 16.0. The lowest BCUT2D eigenvalue weighted by Gasteiger charge is -2.25. The van der Waals surface area contributed by atoms with Crippen molar-refractivity contribution in [1.29, 1.82) is 0 Å². The van der Waals surface area contributed by atoms with Crippen molar-refractivity contribution in [2.24, 2.45) is 0 Å². The molecule has 150 valence electrons. The molecule has 0 radical (unpaired) electrons. The first-order valence-corrected chi connectivity index (χ1v) is 10.1. The van der Waals surface area contributed by atoms with Gasteiger partial charge in [-0.15, -0.1) is 0 Å². The van der Waals surface area contributed by atoms with Crippen LogP contribution in [0.5, 0.6) is 0 Å². The number of aromatic nitrogens is 2. The van der Waals surface area contributed by atoms with Crippen molar-refractivity contribution >= 4 is 29.1 Å². The summed E-state index contributed by atoms with van der Waals surface area (Å²) in [5.74, 6) is -0.570. The number of likely N-dealkylation sites (tertiary alicyclic amines) is 1. The van der Waals surface area contributed by atoms with Crippen molar-refractivity contribution < 1.29 is 10.0 Å². The van der Waals surface area contributed by atoms with Gasteiger partial charge in [-0.25, -0.2) is 10.00 Å². The van der Waals surface area contributed by atoms with Crippen LogP contribution in [0.25, 0.3) is 11.6 Å². The molecule has 2 N–H and O–H groups in total. The first-order valence-electron chi connectivity index (χ1n) is 9.72. The predicted octanol–water partition coefficient (Wildman–Crippen LogP) is 3.89. The van der Waals surface area contributed by atoms with Gasteiger partial charge in [0.15, 0.2) is 0 Å². The summed E-state index contributed by atoms with van der Waals surface area (Å²) >= 11 is 6.58. The first kappa shape index (κ1) is 19.6.